The molecule has 1 N–H and O–H groups in total. The van der Waals surface area contributed by atoms with E-state index < -0.39 is 0 Å². The quantitative estimate of drug-likeness (QED) is 0.631. The van der Waals surface area contributed by atoms with Crippen LogP contribution in [0.4, 0.5) is 10.5 Å². The first-order valence-electron chi connectivity index (χ1n) is 11.1. The van der Waals surface area contributed by atoms with Crippen LogP contribution in [0.3, 0.4) is 0 Å². The fraction of sp³-hybridized carbons (Fsp3) is 0.500. The van der Waals surface area contributed by atoms with Gasteiger partial charge in [0, 0.05) is 37.2 Å². The van der Waals surface area contributed by atoms with E-state index in [0.717, 1.165) is 43.5 Å². The Morgan fingerprint density at radius 3 is 2.43 bits per heavy atom. The van der Waals surface area contributed by atoms with Gasteiger partial charge in [-0.2, -0.15) is 0 Å². The topological polar surface area (TPSA) is 57.6 Å². The van der Waals surface area contributed by atoms with Crippen molar-refractivity contribution in [3.8, 4) is 0 Å². The van der Waals surface area contributed by atoms with E-state index >= 15 is 0 Å². The molecule has 6 heteroatoms. The number of unbranched alkanes of at least 4 members (excludes halogenated alkanes) is 1. The standard InChI is InChI=1S/C24H34N4O2/c1-4-6-16-27(24(30)25-20-11-9-19(5-2)10-12-20)18-23(29)28(21-13-14-21)17-22-8-7-15-26(22)3/h7-12,15,21H,4-6,13-14,16-18H2,1-3H3,(H,25,30). The molecule has 1 aromatic heterocycles. The van der Waals surface area contributed by atoms with Gasteiger partial charge >= 0.3 is 6.03 Å². The van der Waals surface area contributed by atoms with Gasteiger partial charge in [0.1, 0.15) is 6.54 Å². The lowest BCUT2D eigenvalue weighted by Gasteiger charge is -2.28. The maximum Gasteiger partial charge on any atom is 0.322 e. The number of carbonyl (C=O) groups is 2. The van der Waals surface area contributed by atoms with Gasteiger partial charge in [0.15, 0.2) is 0 Å². The third kappa shape index (κ3) is 5.88. The molecule has 1 aliphatic rings. The third-order valence-electron chi connectivity index (χ3n) is 5.70. The summed E-state index contributed by atoms with van der Waals surface area (Å²) in [6.07, 6.45) is 6.89. The molecule has 1 heterocycles. The number of hydrogen-bond donors (Lipinski definition) is 1. The lowest BCUT2D eigenvalue weighted by molar-refractivity contribution is -0.133. The highest BCUT2D eigenvalue weighted by Gasteiger charge is 2.34. The van der Waals surface area contributed by atoms with Crippen LogP contribution < -0.4 is 5.32 Å². The number of aryl methyl sites for hydroxylation is 2. The minimum absolute atomic E-state index is 0.0197. The summed E-state index contributed by atoms with van der Waals surface area (Å²) in [6, 6.07) is 12.0. The predicted octanol–water partition coefficient (Wildman–Crippen LogP) is 4.41. The minimum Gasteiger partial charge on any atom is -0.353 e. The van der Waals surface area contributed by atoms with Gasteiger partial charge in [-0.05, 0) is 55.5 Å². The molecule has 30 heavy (non-hydrogen) atoms. The average molecular weight is 411 g/mol. The fourth-order valence-corrected chi connectivity index (χ4v) is 3.52. The van der Waals surface area contributed by atoms with Crippen molar-refractivity contribution in [2.24, 2.45) is 7.05 Å². The number of nitrogens with one attached hydrogen (secondary N) is 1. The zero-order valence-electron chi connectivity index (χ0n) is 18.4. The van der Waals surface area contributed by atoms with E-state index in [1.807, 2.05) is 59.1 Å². The number of rotatable bonds is 10. The molecule has 2 aromatic rings. The SMILES string of the molecule is CCCCN(CC(=O)N(Cc1cccn1C)C1CC1)C(=O)Nc1ccc(CC)cc1. The normalized spacial score (nSPS) is 13.2. The number of nitrogens with zero attached hydrogens (tertiary/aromatic N) is 3. The second-order valence-corrected chi connectivity index (χ2v) is 8.12. The fourth-order valence-electron chi connectivity index (χ4n) is 3.52. The first-order valence-corrected chi connectivity index (χ1v) is 11.1. The second-order valence-electron chi connectivity index (χ2n) is 8.12. The number of urea groups is 1. The first kappa shape index (κ1) is 21.9. The molecule has 6 nitrogen and oxygen atoms in total. The molecule has 3 amide bonds. The van der Waals surface area contributed by atoms with Crippen molar-refractivity contribution in [3.05, 3.63) is 53.9 Å². The predicted molar refractivity (Wildman–Crippen MR) is 120 cm³/mol. The van der Waals surface area contributed by atoms with Crippen LogP contribution in [0, 0.1) is 0 Å². The van der Waals surface area contributed by atoms with Crippen molar-refractivity contribution in [1.82, 2.24) is 14.4 Å². The Labute approximate surface area is 179 Å². The molecule has 1 saturated carbocycles. The second kappa shape index (κ2) is 10.3. The van der Waals surface area contributed by atoms with Crippen molar-refractivity contribution >= 4 is 17.6 Å². The summed E-state index contributed by atoms with van der Waals surface area (Å²) >= 11 is 0. The van der Waals surface area contributed by atoms with E-state index in [4.69, 9.17) is 0 Å². The molecule has 3 rings (SSSR count). The van der Waals surface area contributed by atoms with Crippen LogP contribution in [0.2, 0.25) is 0 Å². The van der Waals surface area contributed by atoms with Crippen LogP contribution in [-0.4, -0.2) is 45.4 Å². The molecule has 0 aliphatic heterocycles. The molecular formula is C24H34N4O2. The monoisotopic (exact) mass is 410 g/mol. The molecular weight excluding hydrogens is 376 g/mol. The lowest BCUT2D eigenvalue weighted by atomic mass is 10.1. The number of anilines is 1. The molecule has 0 spiro atoms. The third-order valence-corrected chi connectivity index (χ3v) is 5.70. The molecule has 162 valence electrons. The summed E-state index contributed by atoms with van der Waals surface area (Å²) in [6.45, 7) is 5.47. The summed E-state index contributed by atoms with van der Waals surface area (Å²) in [5.41, 5.74) is 3.09. The minimum atomic E-state index is -0.212. The number of hydrogen-bond acceptors (Lipinski definition) is 2. The Hall–Kier alpha value is -2.76. The van der Waals surface area contributed by atoms with E-state index in [9.17, 15) is 9.59 Å². The van der Waals surface area contributed by atoms with Crippen LogP contribution in [-0.2, 0) is 24.8 Å². The van der Waals surface area contributed by atoms with Crippen molar-refractivity contribution in [1.29, 1.82) is 0 Å². The number of benzene rings is 1. The maximum absolute atomic E-state index is 13.2. The molecule has 0 saturated heterocycles. The van der Waals surface area contributed by atoms with Crippen LogP contribution in [0.25, 0.3) is 0 Å². The Bertz CT molecular complexity index is 839. The van der Waals surface area contributed by atoms with Crippen LogP contribution in [0.1, 0.15) is 50.8 Å². The van der Waals surface area contributed by atoms with Gasteiger partial charge in [0.25, 0.3) is 0 Å². The summed E-state index contributed by atoms with van der Waals surface area (Å²) in [5.74, 6) is 0.0197. The van der Waals surface area contributed by atoms with E-state index in [2.05, 4.69) is 19.2 Å². The lowest BCUT2D eigenvalue weighted by Crippen LogP contribution is -2.45. The number of aromatic nitrogens is 1. The van der Waals surface area contributed by atoms with Gasteiger partial charge in [-0.25, -0.2) is 4.79 Å². The Morgan fingerprint density at radius 1 is 1.13 bits per heavy atom. The Balaban J connectivity index is 1.66. The van der Waals surface area contributed by atoms with Gasteiger partial charge in [0.05, 0.1) is 6.54 Å². The average Bonchev–Trinajstić information content (AvgIpc) is 3.51. The molecule has 1 aliphatic carbocycles. The van der Waals surface area contributed by atoms with E-state index in [1.165, 1.54) is 5.56 Å². The Kier molecular flexibility index (Phi) is 7.55. The summed E-state index contributed by atoms with van der Waals surface area (Å²) in [4.78, 5) is 29.7. The van der Waals surface area contributed by atoms with Crippen LogP contribution >= 0.6 is 0 Å². The number of amides is 3. The zero-order valence-corrected chi connectivity index (χ0v) is 18.4. The highest BCUT2D eigenvalue weighted by atomic mass is 16.2. The van der Waals surface area contributed by atoms with E-state index in [0.29, 0.717) is 19.1 Å². The van der Waals surface area contributed by atoms with Crippen molar-refractivity contribution < 1.29 is 9.59 Å². The highest BCUT2D eigenvalue weighted by Crippen LogP contribution is 2.28. The zero-order chi connectivity index (χ0) is 21.5. The molecule has 1 fully saturated rings. The summed E-state index contributed by atoms with van der Waals surface area (Å²) < 4.78 is 2.05. The van der Waals surface area contributed by atoms with Gasteiger partial charge in [-0.1, -0.05) is 32.4 Å². The van der Waals surface area contributed by atoms with Gasteiger partial charge in [-0.3, -0.25) is 4.79 Å². The number of carbonyl (C=O) groups excluding carboxylic acids is 2. The first-order chi connectivity index (χ1) is 14.5. The van der Waals surface area contributed by atoms with Gasteiger partial charge < -0.3 is 19.7 Å². The van der Waals surface area contributed by atoms with Crippen LogP contribution in [0.5, 0.6) is 0 Å². The molecule has 1 aromatic carbocycles. The van der Waals surface area contributed by atoms with Gasteiger partial charge in [0.2, 0.25) is 5.91 Å². The smallest absolute Gasteiger partial charge is 0.322 e. The van der Waals surface area contributed by atoms with Crippen molar-refractivity contribution in [2.45, 2.75) is 58.5 Å². The highest BCUT2D eigenvalue weighted by molar-refractivity contribution is 5.92. The maximum atomic E-state index is 13.2. The molecule has 0 bridgehead atoms. The van der Waals surface area contributed by atoms with Crippen molar-refractivity contribution in [2.75, 3.05) is 18.4 Å². The van der Waals surface area contributed by atoms with E-state index in [-0.39, 0.29) is 18.5 Å². The van der Waals surface area contributed by atoms with Crippen molar-refractivity contribution in [3.63, 3.8) is 0 Å². The molecule has 0 atom stereocenters. The largest absolute Gasteiger partial charge is 0.353 e. The summed E-state index contributed by atoms with van der Waals surface area (Å²) in [5, 5.41) is 2.96. The molecule has 0 unspecified atom stereocenters. The summed E-state index contributed by atoms with van der Waals surface area (Å²) in [7, 11) is 2.00. The van der Waals surface area contributed by atoms with E-state index in [1.54, 1.807) is 4.90 Å². The molecule has 0 radical (unpaired) electrons. The van der Waals surface area contributed by atoms with Crippen LogP contribution in [0.15, 0.2) is 42.6 Å². The Morgan fingerprint density at radius 2 is 1.87 bits per heavy atom. The van der Waals surface area contributed by atoms with Gasteiger partial charge in [-0.15, -0.1) is 0 Å².